The van der Waals surface area contributed by atoms with Crippen LogP contribution in [0, 0.1) is 0 Å². The van der Waals surface area contributed by atoms with E-state index in [2.05, 4.69) is 9.47 Å². The van der Waals surface area contributed by atoms with Gasteiger partial charge in [0.05, 0.1) is 25.0 Å². The van der Waals surface area contributed by atoms with Crippen molar-refractivity contribution in [3.8, 4) is 0 Å². The molecule has 5 nitrogen and oxygen atoms in total. The van der Waals surface area contributed by atoms with Crippen LogP contribution in [0.4, 0.5) is 0 Å². The highest BCUT2D eigenvalue weighted by molar-refractivity contribution is 8.07. The van der Waals surface area contributed by atoms with Crippen LogP contribution in [-0.4, -0.2) is 59.4 Å². The number of ether oxygens (including phenoxy) is 2. The Morgan fingerprint density at radius 1 is 1.12 bits per heavy atom. The minimum Gasteiger partial charge on any atom is -0.467 e. The maximum Gasteiger partial charge on any atom is 0.334 e. The fourth-order valence-electron chi connectivity index (χ4n) is 1.91. The van der Waals surface area contributed by atoms with Crippen LogP contribution < -0.4 is 0 Å². The van der Waals surface area contributed by atoms with E-state index in [0.29, 0.717) is 0 Å². The molecule has 2 fully saturated rings. The van der Waals surface area contributed by atoms with Gasteiger partial charge >= 0.3 is 11.9 Å². The van der Waals surface area contributed by atoms with Gasteiger partial charge in [-0.1, -0.05) is 0 Å². The minimum absolute atomic E-state index is 0.221. The Bertz CT molecular complexity index is 276. The van der Waals surface area contributed by atoms with Crippen molar-refractivity contribution in [2.75, 3.05) is 25.7 Å². The molecule has 16 heavy (non-hydrogen) atoms. The molecule has 2 heterocycles. The molecule has 0 spiro atoms. The van der Waals surface area contributed by atoms with Crippen LogP contribution in [0.5, 0.6) is 0 Å². The predicted octanol–water partition coefficient (Wildman–Crippen LogP) is 0.149. The fourth-order valence-corrected chi connectivity index (χ4v) is 5.23. The minimum atomic E-state index is -0.907. The highest BCUT2D eigenvalue weighted by Crippen LogP contribution is 2.45. The van der Waals surface area contributed by atoms with Gasteiger partial charge in [0.1, 0.15) is 0 Å². The fraction of sp³-hybridized carbons (Fsp3) is 0.778. The van der Waals surface area contributed by atoms with Crippen LogP contribution in [0.1, 0.15) is 0 Å². The summed E-state index contributed by atoms with van der Waals surface area (Å²) in [6.45, 7) is 0. The van der Waals surface area contributed by atoms with E-state index in [1.165, 1.54) is 14.2 Å². The molecule has 90 valence electrons. The van der Waals surface area contributed by atoms with Gasteiger partial charge in [0, 0.05) is 11.5 Å². The molecule has 0 aromatic rings. The molecule has 2 saturated heterocycles. The molecular formula is C9H13NO4S2. The molecule has 2 aliphatic rings. The number of fused-ring (bicyclic) bond motifs is 2. The number of hydrogen-bond donors (Lipinski definition) is 0. The molecule has 0 aromatic carbocycles. The predicted molar refractivity (Wildman–Crippen MR) is 62.2 cm³/mol. The number of hydrogen-bond acceptors (Lipinski definition) is 7. The molecule has 0 aliphatic carbocycles. The summed E-state index contributed by atoms with van der Waals surface area (Å²) in [6, 6.07) is -0.907. The van der Waals surface area contributed by atoms with Crippen molar-refractivity contribution in [2.24, 2.45) is 0 Å². The van der Waals surface area contributed by atoms with Crippen LogP contribution in [0.25, 0.3) is 0 Å². The molecule has 2 bridgehead atoms. The molecule has 2 unspecified atom stereocenters. The molecule has 0 amide bonds. The van der Waals surface area contributed by atoms with E-state index in [1.54, 1.807) is 23.5 Å². The molecule has 0 aromatic heterocycles. The Kier molecular flexibility index (Phi) is 3.66. The summed E-state index contributed by atoms with van der Waals surface area (Å²) in [4.78, 5) is 25.2. The van der Waals surface area contributed by atoms with Crippen molar-refractivity contribution in [3.63, 3.8) is 0 Å². The van der Waals surface area contributed by atoms with E-state index in [1.807, 2.05) is 4.90 Å². The topological polar surface area (TPSA) is 55.8 Å². The molecule has 7 heteroatoms. The summed E-state index contributed by atoms with van der Waals surface area (Å²) in [5.74, 6) is 0.818. The summed E-state index contributed by atoms with van der Waals surface area (Å²) in [7, 11) is 2.58. The van der Waals surface area contributed by atoms with Gasteiger partial charge in [-0.05, 0) is 0 Å². The maximum atomic E-state index is 11.6. The monoisotopic (exact) mass is 263 g/mol. The van der Waals surface area contributed by atoms with E-state index in [9.17, 15) is 9.59 Å². The smallest absolute Gasteiger partial charge is 0.334 e. The molecule has 2 aliphatic heterocycles. The average Bonchev–Trinajstić information content (AvgIpc) is 2.89. The molecule has 0 saturated carbocycles. The second kappa shape index (κ2) is 4.85. The molecular weight excluding hydrogens is 250 g/mol. The van der Waals surface area contributed by atoms with Gasteiger partial charge in [-0.3, -0.25) is 4.90 Å². The number of carbonyl (C=O) groups excluding carboxylic acids is 2. The summed E-state index contributed by atoms with van der Waals surface area (Å²) in [6.07, 6.45) is 0. The normalized spacial score (nSPS) is 28.4. The number of esters is 2. The molecule has 2 rings (SSSR count). The number of rotatable bonds is 3. The second-order valence-corrected chi connectivity index (χ2v) is 5.89. The SMILES string of the molecule is COC(=O)C(C(=O)OC)N1C2CSC1CS2. The van der Waals surface area contributed by atoms with Crippen LogP contribution in [0.15, 0.2) is 0 Å². The van der Waals surface area contributed by atoms with Gasteiger partial charge in [-0.15, -0.1) is 23.5 Å². The number of carbonyl (C=O) groups is 2. The lowest BCUT2D eigenvalue weighted by Crippen LogP contribution is -2.50. The van der Waals surface area contributed by atoms with Gasteiger partial charge in [-0.25, -0.2) is 9.59 Å². The van der Waals surface area contributed by atoms with Gasteiger partial charge in [0.2, 0.25) is 6.04 Å². The van der Waals surface area contributed by atoms with Crippen molar-refractivity contribution < 1.29 is 19.1 Å². The lowest BCUT2D eigenvalue weighted by molar-refractivity contribution is -0.160. The molecule has 0 radical (unpaired) electrons. The second-order valence-electron chi connectivity index (χ2n) is 3.47. The van der Waals surface area contributed by atoms with Gasteiger partial charge in [0.15, 0.2) is 0 Å². The standard InChI is InChI=1S/C9H13NO4S2/c1-13-8(11)7(9(12)14-2)10-5-3-15-6(10)4-16-5/h5-7H,3-4H2,1-2H3. The van der Waals surface area contributed by atoms with E-state index in [4.69, 9.17) is 0 Å². The first-order valence-electron chi connectivity index (χ1n) is 4.85. The zero-order valence-electron chi connectivity index (χ0n) is 9.04. The number of nitrogens with zero attached hydrogens (tertiary/aromatic N) is 1. The summed E-state index contributed by atoms with van der Waals surface area (Å²) in [5.41, 5.74) is 0. The van der Waals surface area contributed by atoms with E-state index in [-0.39, 0.29) is 10.7 Å². The van der Waals surface area contributed by atoms with Crippen LogP contribution in [-0.2, 0) is 19.1 Å². The maximum absolute atomic E-state index is 11.6. The lowest BCUT2D eigenvalue weighted by atomic mass is 10.2. The van der Waals surface area contributed by atoms with Crippen molar-refractivity contribution in [1.82, 2.24) is 4.90 Å². The Hall–Kier alpha value is -0.400. The zero-order valence-corrected chi connectivity index (χ0v) is 10.7. The zero-order chi connectivity index (χ0) is 11.7. The Morgan fingerprint density at radius 2 is 1.56 bits per heavy atom. The highest BCUT2D eigenvalue weighted by atomic mass is 32.2. The van der Waals surface area contributed by atoms with Gasteiger partial charge in [0.25, 0.3) is 0 Å². The van der Waals surface area contributed by atoms with Crippen molar-refractivity contribution >= 4 is 35.5 Å². The first-order valence-corrected chi connectivity index (χ1v) is 6.95. The van der Waals surface area contributed by atoms with E-state index < -0.39 is 18.0 Å². The summed E-state index contributed by atoms with van der Waals surface area (Å²) < 4.78 is 9.34. The summed E-state index contributed by atoms with van der Waals surface area (Å²) >= 11 is 3.55. The Labute approximate surface area is 102 Å². The third-order valence-electron chi connectivity index (χ3n) is 2.67. The quantitative estimate of drug-likeness (QED) is 0.530. The van der Waals surface area contributed by atoms with Crippen molar-refractivity contribution in [2.45, 2.75) is 16.8 Å². The third kappa shape index (κ3) is 1.91. The van der Waals surface area contributed by atoms with Crippen LogP contribution >= 0.6 is 23.5 Å². The Balaban J connectivity index is 2.19. The molecule has 0 N–H and O–H groups in total. The Morgan fingerprint density at radius 3 is 1.88 bits per heavy atom. The third-order valence-corrected chi connectivity index (χ3v) is 5.70. The van der Waals surface area contributed by atoms with Crippen molar-refractivity contribution in [1.29, 1.82) is 0 Å². The van der Waals surface area contributed by atoms with Crippen LogP contribution in [0.2, 0.25) is 0 Å². The first-order chi connectivity index (χ1) is 7.69. The van der Waals surface area contributed by atoms with Crippen molar-refractivity contribution in [3.05, 3.63) is 0 Å². The lowest BCUT2D eigenvalue weighted by Gasteiger charge is -2.25. The van der Waals surface area contributed by atoms with Crippen LogP contribution in [0.3, 0.4) is 0 Å². The largest absolute Gasteiger partial charge is 0.467 e. The summed E-state index contributed by atoms with van der Waals surface area (Å²) in [5, 5.41) is 0.441. The molecule has 2 atom stereocenters. The number of thioether (sulfide) groups is 2. The number of methoxy groups -OCH3 is 2. The van der Waals surface area contributed by atoms with Gasteiger partial charge in [-0.2, -0.15) is 0 Å². The van der Waals surface area contributed by atoms with Gasteiger partial charge < -0.3 is 9.47 Å². The highest BCUT2D eigenvalue weighted by Gasteiger charge is 2.50. The van der Waals surface area contributed by atoms with E-state index in [0.717, 1.165) is 11.5 Å². The first kappa shape index (κ1) is 12.1. The van der Waals surface area contributed by atoms with E-state index >= 15 is 0 Å². The average molecular weight is 263 g/mol.